The Balaban J connectivity index is 1.13. The number of urea groups is 1. The van der Waals surface area contributed by atoms with Crippen LogP contribution in [0.1, 0.15) is 89.0 Å². The van der Waals surface area contributed by atoms with Crippen LogP contribution in [0.4, 0.5) is 4.79 Å². The van der Waals surface area contributed by atoms with Gasteiger partial charge in [-0.15, -0.1) is 6.58 Å². The summed E-state index contributed by atoms with van der Waals surface area (Å²) in [6.45, 7) is 5.41. The Morgan fingerprint density at radius 3 is 2.55 bits per heavy atom. The first-order chi connectivity index (χ1) is 28.0. The van der Waals surface area contributed by atoms with E-state index in [0.717, 1.165) is 62.3 Å². The zero-order valence-corrected chi connectivity index (χ0v) is 34.1. The number of nitrogens with one attached hydrogen (secondary N) is 3. The fourth-order valence-electron chi connectivity index (χ4n) is 9.28. The molecule has 2 saturated heterocycles. The third-order valence-corrected chi connectivity index (χ3v) is 14.8. The van der Waals surface area contributed by atoms with E-state index in [4.69, 9.17) is 19.2 Å². The van der Waals surface area contributed by atoms with Gasteiger partial charge >= 0.3 is 6.03 Å². The average Bonchev–Trinajstić information content (AvgIpc) is 4.11. The van der Waals surface area contributed by atoms with Crippen molar-refractivity contribution in [3.8, 4) is 11.6 Å². The number of sulfonamides is 1. The standard InChI is InChI=1S/C42H56N6O9S/c1-3-29-23-42(29,40(51)46-58(53,54)33-15-16-33)45-37(49)35-22-32-25-48(35)39(50)36(26-10-6-4-7-11-26)44-41(52)47-18-17-31(24-47)56-19-9-5-8-12-28-20-27-13-14-30(55-2)21-34(27)43-38(28)57-32/h3,13-14,20-21,26,29,31-33,35-36H,1,4-12,15-19,22-25H2,2H3,(H,44,52)(H,45,49)(H,46,51)/t29-,31-,32+,35-,36-,42+/m0/s1. The number of hydrogen-bond acceptors (Lipinski definition) is 10. The molecule has 5 fully saturated rings. The van der Waals surface area contributed by atoms with Crippen LogP contribution in [0.5, 0.6) is 11.6 Å². The Morgan fingerprint density at radius 1 is 1.02 bits per heavy atom. The van der Waals surface area contributed by atoms with Crippen molar-refractivity contribution in [2.45, 2.75) is 125 Å². The van der Waals surface area contributed by atoms with E-state index in [-0.39, 0.29) is 37.4 Å². The van der Waals surface area contributed by atoms with Gasteiger partial charge in [0.15, 0.2) is 0 Å². The fraction of sp³-hybridized carbons (Fsp3) is 0.643. The summed E-state index contributed by atoms with van der Waals surface area (Å²) < 4.78 is 46.3. The molecule has 16 heteroatoms. The monoisotopic (exact) mass is 820 g/mol. The Morgan fingerprint density at radius 2 is 1.81 bits per heavy atom. The Labute approximate surface area is 340 Å². The van der Waals surface area contributed by atoms with Crippen LogP contribution in [-0.2, 0) is 35.6 Å². The lowest BCUT2D eigenvalue weighted by Crippen LogP contribution is -2.60. The summed E-state index contributed by atoms with van der Waals surface area (Å²) in [5.41, 5.74) is 0.0469. The summed E-state index contributed by atoms with van der Waals surface area (Å²) in [6.07, 6.45) is 10.4. The van der Waals surface area contributed by atoms with E-state index in [2.05, 4.69) is 28.0 Å². The number of pyridine rings is 1. The number of aromatic nitrogens is 1. The predicted octanol–water partition coefficient (Wildman–Crippen LogP) is 3.74. The molecule has 1 aromatic heterocycles. The number of rotatable bonds is 8. The second-order valence-corrected chi connectivity index (χ2v) is 19.0. The molecule has 3 aliphatic heterocycles. The van der Waals surface area contributed by atoms with Gasteiger partial charge in [-0.3, -0.25) is 19.1 Å². The molecule has 0 radical (unpaired) electrons. The maximum Gasteiger partial charge on any atom is 0.318 e. The van der Waals surface area contributed by atoms with E-state index in [1.807, 2.05) is 18.2 Å². The van der Waals surface area contributed by atoms with Gasteiger partial charge in [0.1, 0.15) is 29.5 Å². The zero-order chi connectivity index (χ0) is 40.6. The molecule has 3 N–H and O–H groups in total. The van der Waals surface area contributed by atoms with Gasteiger partial charge in [0, 0.05) is 49.1 Å². The van der Waals surface area contributed by atoms with Crippen LogP contribution in [0.3, 0.4) is 0 Å². The lowest BCUT2D eigenvalue weighted by atomic mass is 9.83. The van der Waals surface area contributed by atoms with Crippen LogP contribution >= 0.6 is 0 Å². The highest BCUT2D eigenvalue weighted by molar-refractivity contribution is 7.91. The minimum Gasteiger partial charge on any atom is -0.497 e. The van der Waals surface area contributed by atoms with Crippen molar-refractivity contribution < 1.29 is 41.8 Å². The molecule has 6 atom stereocenters. The molecule has 3 saturated carbocycles. The van der Waals surface area contributed by atoms with Crippen LogP contribution < -0.4 is 24.8 Å². The van der Waals surface area contributed by atoms with Gasteiger partial charge in [0.25, 0.3) is 5.91 Å². The predicted molar refractivity (Wildman–Crippen MR) is 214 cm³/mol. The second-order valence-electron chi connectivity index (χ2n) is 17.0. The molecule has 15 nitrogen and oxygen atoms in total. The van der Waals surface area contributed by atoms with Gasteiger partial charge in [-0.2, -0.15) is 0 Å². The van der Waals surface area contributed by atoms with Gasteiger partial charge in [0.05, 0.1) is 30.5 Å². The molecule has 8 rings (SSSR count). The second kappa shape index (κ2) is 16.7. The quantitative estimate of drug-likeness (QED) is 0.332. The highest BCUT2D eigenvalue weighted by atomic mass is 32.2. The normalized spacial score (nSPS) is 29.9. The molecule has 2 aromatic rings. The highest BCUT2D eigenvalue weighted by Crippen LogP contribution is 2.46. The lowest BCUT2D eigenvalue weighted by Gasteiger charge is -2.35. The molecular weight excluding hydrogens is 765 g/mol. The minimum atomic E-state index is -3.90. The summed E-state index contributed by atoms with van der Waals surface area (Å²) in [7, 11) is -2.30. The first-order valence-corrected chi connectivity index (χ1v) is 22.6. The number of benzene rings is 1. The van der Waals surface area contributed by atoms with Crippen LogP contribution in [0, 0.1) is 11.8 Å². The molecule has 0 spiro atoms. The number of methoxy groups -OCH3 is 1. The van der Waals surface area contributed by atoms with Crippen LogP contribution in [-0.4, -0.2) is 115 Å². The van der Waals surface area contributed by atoms with E-state index in [9.17, 15) is 22.8 Å². The molecular formula is C42H56N6O9S. The molecule has 5 amide bonds. The number of amides is 5. The number of aryl methyl sites for hydroxylation is 1. The number of nitrogens with zero attached hydrogens (tertiary/aromatic N) is 3. The number of ether oxygens (including phenoxy) is 3. The summed E-state index contributed by atoms with van der Waals surface area (Å²) in [5, 5.41) is 6.28. The van der Waals surface area contributed by atoms with Gasteiger partial charge < -0.3 is 34.6 Å². The zero-order valence-electron chi connectivity index (χ0n) is 33.3. The maximum atomic E-state index is 15.0. The first-order valence-electron chi connectivity index (χ1n) is 21.1. The maximum absolute atomic E-state index is 15.0. The molecule has 1 aromatic carbocycles. The van der Waals surface area contributed by atoms with E-state index in [1.165, 1.54) is 11.0 Å². The summed E-state index contributed by atoms with van der Waals surface area (Å²) in [6, 6.07) is 5.44. The number of carbonyl (C=O) groups is 4. The number of hydrogen-bond donors (Lipinski definition) is 3. The Bertz CT molecular complexity index is 2040. The van der Waals surface area contributed by atoms with Crippen LogP contribution in [0.2, 0.25) is 0 Å². The molecule has 58 heavy (non-hydrogen) atoms. The lowest BCUT2D eigenvalue weighted by molar-refractivity contribution is -0.142. The SMILES string of the molecule is C=C[C@H]1C[C@]1(NC(=O)[C@@H]1C[C@@H]2CN1C(=O)[C@H](C1CCCCC1)NC(=O)N1CC[C@@H](C1)OCCCCCc1cc3ccc(OC)cc3nc1O2)C(=O)NS(=O)(=O)C1CC1. The van der Waals surface area contributed by atoms with E-state index < -0.39 is 62.6 Å². The third-order valence-electron chi connectivity index (χ3n) is 13.0. The number of fused-ring (bicyclic) bond motifs is 6. The Kier molecular flexibility index (Phi) is 11.6. The van der Waals surface area contributed by atoms with Crippen molar-refractivity contribution in [1.29, 1.82) is 0 Å². The van der Waals surface area contributed by atoms with Crippen molar-refractivity contribution in [1.82, 2.24) is 30.1 Å². The topological polar surface area (TPSA) is 186 Å². The minimum absolute atomic E-state index is 0.0348. The van der Waals surface area contributed by atoms with Crippen molar-refractivity contribution >= 4 is 44.7 Å². The largest absolute Gasteiger partial charge is 0.497 e. The third kappa shape index (κ3) is 8.50. The molecule has 3 aliphatic carbocycles. The summed E-state index contributed by atoms with van der Waals surface area (Å²) >= 11 is 0. The van der Waals surface area contributed by atoms with Crippen molar-refractivity contribution in [2.24, 2.45) is 11.8 Å². The first kappa shape index (κ1) is 40.3. The van der Waals surface area contributed by atoms with Gasteiger partial charge in [-0.1, -0.05) is 31.8 Å². The van der Waals surface area contributed by atoms with Gasteiger partial charge in [0.2, 0.25) is 27.7 Å². The van der Waals surface area contributed by atoms with E-state index in [0.29, 0.717) is 62.5 Å². The highest BCUT2D eigenvalue weighted by Gasteiger charge is 2.62. The van der Waals surface area contributed by atoms with Crippen LogP contribution in [0.15, 0.2) is 36.9 Å². The molecule has 4 bridgehead atoms. The average molecular weight is 821 g/mol. The van der Waals surface area contributed by atoms with Crippen LogP contribution in [0.25, 0.3) is 10.9 Å². The van der Waals surface area contributed by atoms with Gasteiger partial charge in [-0.25, -0.2) is 18.2 Å². The molecule has 314 valence electrons. The van der Waals surface area contributed by atoms with Crippen molar-refractivity contribution in [3.05, 3.63) is 42.5 Å². The Hall–Kier alpha value is -4.44. The van der Waals surface area contributed by atoms with E-state index >= 15 is 4.79 Å². The molecule has 4 heterocycles. The van der Waals surface area contributed by atoms with Crippen molar-refractivity contribution in [2.75, 3.05) is 33.4 Å². The smallest absolute Gasteiger partial charge is 0.318 e. The van der Waals surface area contributed by atoms with Crippen molar-refractivity contribution in [3.63, 3.8) is 0 Å². The summed E-state index contributed by atoms with van der Waals surface area (Å²) in [5.74, 6) is -1.39. The van der Waals surface area contributed by atoms with E-state index in [1.54, 1.807) is 12.0 Å². The fourth-order valence-corrected chi connectivity index (χ4v) is 10.6. The number of carbonyl (C=O) groups excluding carboxylic acids is 4. The summed E-state index contributed by atoms with van der Waals surface area (Å²) in [4.78, 5) is 65.3. The molecule has 0 unspecified atom stereocenters. The molecule has 6 aliphatic rings. The van der Waals surface area contributed by atoms with Gasteiger partial charge in [-0.05, 0) is 81.9 Å².